The van der Waals surface area contributed by atoms with E-state index in [0.717, 1.165) is 19.6 Å². The molecule has 0 bridgehead atoms. The Morgan fingerprint density at radius 1 is 1.00 bits per heavy atom. The van der Waals surface area contributed by atoms with Crippen LogP contribution < -0.4 is 0 Å². The summed E-state index contributed by atoms with van der Waals surface area (Å²) < 4.78 is 17.1. The van der Waals surface area contributed by atoms with Crippen LogP contribution in [0.2, 0.25) is 0 Å². The molecule has 22 heavy (non-hydrogen) atoms. The van der Waals surface area contributed by atoms with Gasteiger partial charge >= 0.3 is 7.12 Å². The predicted molar refractivity (Wildman–Crippen MR) is 91.9 cm³/mol. The monoisotopic (exact) mass is 308 g/mol. The van der Waals surface area contributed by atoms with Gasteiger partial charge in [0.1, 0.15) is 0 Å². The Balaban J connectivity index is 1.47. The molecule has 3 nitrogen and oxygen atoms in total. The first-order chi connectivity index (χ1) is 10.6. The minimum Gasteiger partial charge on any atom is -0.407 e. The first-order valence-electron chi connectivity index (χ1n) is 9.16. The van der Waals surface area contributed by atoms with E-state index in [0.29, 0.717) is 12.2 Å². The van der Waals surface area contributed by atoms with Crippen molar-refractivity contribution in [1.29, 1.82) is 0 Å². The smallest absolute Gasteiger partial charge is 0.407 e. The third-order valence-corrected chi connectivity index (χ3v) is 4.47. The number of hydrogen-bond acceptors (Lipinski definition) is 3. The minimum atomic E-state index is -0.163. The number of rotatable bonds is 10. The van der Waals surface area contributed by atoms with Crippen molar-refractivity contribution in [3.8, 4) is 0 Å². The molecule has 2 fully saturated rings. The van der Waals surface area contributed by atoms with Crippen LogP contribution in [0, 0.1) is 5.41 Å². The summed E-state index contributed by atoms with van der Waals surface area (Å²) in [6.07, 6.45) is 13.5. The fraction of sp³-hybridized carbons (Fsp3) is 0.889. The first kappa shape index (κ1) is 18.0. The van der Waals surface area contributed by atoms with Crippen LogP contribution in [-0.2, 0) is 14.0 Å². The molecule has 2 heterocycles. The number of epoxide rings is 1. The van der Waals surface area contributed by atoms with Crippen molar-refractivity contribution in [2.45, 2.75) is 84.3 Å². The van der Waals surface area contributed by atoms with Gasteiger partial charge in [0.05, 0.1) is 12.2 Å². The minimum absolute atomic E-state index is 0.145. The van der Waals surface area contributed by atoms with Gasteiger partial charge in [-0.2, -0.15) is 0 Å². The Kier molecular flexibility index (Phi) is 7.45. The molecular weight excluding hydrogens is 275 g/mol. The number of unbranched alkanes of at least 4 members (excludes halogenated alkanes) is 5. The second-order valence-electron chi connectivity index (χ2n) is 7.59. The lowest BCUT2D eigenvalue weighted by atomic mass is 9.83. The van der Waals surface area contributed by atoms with Crippen molar-refractivity contribution in [2.24, 2.45) is 5.41 Å². The van der Waals surface area contributed by atoms with Gasteiger partial charge < -0.3 is 14.0 Å². The van der Waals surface area contributed by atoms with Gasteiger partial charge in [0.25, 0.3) is 0 Å². The van der Waals surface area contributed by atoms with E-state index in [1.807, 2.05) is 5.98 Å². The summed E-state index contributed by atoms with van der Waals surface area (Å²) in [5, 5.41) is 0. The Hall–Kier alpha value is -0.315. The Labute approximate surface area is 136 Å². The lowest BCUT2D eigenvalue weighted by Gasteiger charge is -2.31. The standard InChI is InChI=1S/C18H33BO3/c1-4-5-6-7-8-9-11-16-17(22-16)12-10-13-19-20-14-18(2,3)15-21-19/h10,13,16-17H,4-9,11-12,14-15H2,1-3H3/b13-10+/t16-,17+/m1/s1. The van der Waals surface area contributed by atoms with Crippen LogP contribution in [-0.4, -0.2) is 32.5 Å². The van der Waals surface area contributed by atoms with E-state index in [-0.39, 0.29) is 12.5 Å². The molecule has 2 saturated heterocycles. The highest BCUT2D eigenvalue weighted by Gasteiger charge is 2.37. The second-order valence-corrected chi connectivity index (χ2v) is 7.59. The molecule has 0 radical (unpaired) electrons. The molecule has 0 aromatic rings. The van der Waals surface area contributed by atoms with Gasteiger partial charge in [0, 0.05) is 18.6 Å². The van der Waals surface area contributed by atoms with Gasteiger partial charge in [-0.3, -0.25) is 0 Å². The van der Waals surface area contributed by atoms with Crippen LogP contribution in [0.15, 0.2) is 12.1 Å². The number of hydrogen-bond donors (Lipinski definition) is 0. The summed E-state index contributed by atoms with van der Waals surface area (Å²) in [4.78, 5) is 0. The highest BCUT2D eigenvalue weighted by molar-refractivity contribution is 6.50. The molecule has 0 N–H and O–H groups in total. The maximum Gasteiger partial charge on any atom is 0.485 e. The predicted octanol–water partition coefficient (Wildman–Crippen LogP) is 4.55. The molecule has 0 unspecified atom stereocenters. The van der Waals surface area contributed by atoms with Gasteiger partial charge in [0.15, 0.2) is 0 Å². The summed E-state index contributed by atoms with van der Waals surface area (Å²) in [5.74, 6) is 2.04. The van der Waals surface area contributed by atoms with Crippen molar-refractivity contribution in [3.63, 3.8) is 0 Å². The van der Waals surface area contributed by atoms with Gasteiger partial charge in [-0.15, -0.1) is 0 Å². The molecule has 0 saturated carbocycles. The van der Waals surface area contributed by atoms with Crippen LogP contribution in [0.5, 0.6) is 0 Å². The molecule has 0 aromatic heterocycles. The summed E-state index contributed by atoms with van der Waals surface area (Å²) in [5.41, 5.74) is 0.145. The van der Waals surface area contributed by atoms with E-state index in [4.69, 9.17) is 14.0 Å². The van der Waals surface area contributed by atoms with Gasteiger partial charge in [-0.05, 0) is 12.8 Å². The van der Waals surface area contributed by atoms with Crippen molar-refractivity contribution in [3.05, 3.63) is 12.1 Å². The SMILES string of the molecule is CCCCCCCC[C@H]1O[C@H]1C/C=C/B1OCC(C)(C)CO1. The fourth-order valence-corrected chi connectivity index (χ4v) is 2.91. The Morgan fingerprint density at radius 3 is 2.41 bits per heavy atom. The van der Waals surface area contributed by atoms with Crippen LogP contribution >= 0.6 is 0 Å². The lowest BCUT2D eigenvalue weighted by Crippen LogP contribution is -2.39. The van der Waals surface area contributed by atoms with E-state index in [2.05, 4.69) is 26.8 Å². The molecule has 2 aliphatic heterocycles. The Bertz CT molecular complexity index is 333. The zero-order valence-electron chi connectivity index (χ0n) is 14.7. The van der Waals surface area contributed by atoms with E-state index in [9.17, 15) is 0 Å². The normalized spacial score (nSPS) is 27.5. The molecular formula is C18H33BO3. The lowest BCUT2D eigenvalue weighted by molar-refractivity contribution is 0.0336. The summed E-state index contributed by atoms with van der Waals surface area (Å²) in [6, 6.07) is 0. The van der Waals surface area contributed by atoms with Crippen molar-refractivity contribution in [1.82, 2.24) is 0 Å². The Morgan fingerprint density at radius 2 is 1.68 bits per heavy atom. The third-order valence-electron chi connectivity index (χ3n) is 4.47. The fourth-order valence-electron chi connectivity index (χ4n) is 2.91. The van der Waals surface area contributed by atoms with Crippen molar-refractivity contribution < 1.29 is 14.0 Å². The maximum atomic E-state index is 5.73. The average Bonchev–Trinajstić information content (AvgIpc) is 3.23. The molecule has 0 amide bonds. The molecule has 0 aliphatic carbocycles. The molecule has 0 spiro atoms. The van der Waals surface area contributed by atoms with Crippen LogP contribution in [0.4, 0.5) is 0 Å². The molecule has 2 rings (SSSR count). The first-order valence-corrected chi connectivity index (χ1v) is 9.16. The zero-order chi connectivity index (χ0) is 15.8. The van der Waals surface area contributed by atoms with Gasteiger partial charge in [-0.25, -0.2) is 0 Å². The number of ether oxygens (including phenoxy) is 1. The van der Waals surface area contributed by atoms with E-state index in [1.165, 1.54) is 44.9 Å². The van der Waals surface area contributed by atoms with Crippen LogP contribution in [0.3, 0.4) is 0 Å². The topological polar surface area (TPSA) is 31.0 Å². The van der Waals surface area contributed by atoms with Crippen LogP contribution in [0.1, 0.15) is 72.1 Å². The van der Waals surface area contributed by atoms with Gasteiger partial charge in [-0.1, -0.05) is 71.3 Å². The quantitative estimate of drug-likeness (QED) is 0.337. The zero-order valence-corrected chi connectivity index (χ0v) is 14.7. The highest BCUT2D eigenvalue weighted by atomic mass is 16.6. The molecule has 2 aliphatic rings. The van der Waals surface area contributed by atoms with Crippen LogP contribution in [0.25, 0.3) is 0 Å². The highest BCUT2D eigenvalue weighted by Crippen LogP contribution is 2.30. The van der Waals surface area contributed by atoms with Gasteiger partial charge in [0.2, 0.25) is 0 Å². The molecule has 0 aromatic carbocycles. The van der Waals surface area contributed by atoms with E-state index in [1.54, 1.807) is 0 Å². The van der Waals surface area contributed by atoms with E-state index < -0.39 is 0 Å². The molecule has 2 atom stereocenters. The average molecular weight is 308 g/mol. The summed E-state index contributed by atoms with van der Waals surface area (Å²) in [7, 11) is -0.163. The van der Waals surface area contributed by atoms with Crippen molar-refractivity contribution >= 4 is 7.12 Å². The summed E-state index contributed by atoms with van der Waals surface area (Å²) >= 11 is 0. The molecule has 126 valence electrons. The summed E-state index contributed by atoms with van der Waals surface area (Å²) in [6.45, 7) is 8.13. The maximum absolute atomic E-state index is 5.73. The largest absolute Gasteiger partial charge is 0.485 e. The second kappa shape index (κ2) is 9.10. The van der Waals surface area contributed by atoms with Crippen molar-refractivity contribution in [2.75, 3.05) is 13.2 Å². The molecule has 4 heteroatoms. The third kappa shape index (κ3) is 6.85. The van der Waals surface area contributed by atoms with E-state index >= 15 is 0 Å².